The van der Waals surface area contributed by atoms with E-state index in [0.717, 1.165) is 64.8 Å². The zero-order valence-corrected chi connectivity index (χ0v) is 18.9. The first-order chi connectivity index (χ1) is 15.5. The molecule has 0 unspecified atom stereocenters. The summed E-state index contributed by atoms with van der Waals surface area (Å²) in [5.74, 6) is 0.493. The van der Waals surface area contributed by atoms with Gasteiger partial charge < -0.3 is 15.2 Å². The van der Waals surface area contributed by atoms with Crippen LogP contribution in [0, 0.1) is 12.8 Å². The molecule has 32 heavy (non-hydrogen) atoms. The van der Waals surface area contributed by atoms with Crippen molar-refractivity contribution < 1.29 is 4.79 Å². The number of H-pyrrole nitrogens is 1. The van der Waals surface area contributed by atoms with E-state index in [2.05, 4.69) is 54.6 Å². The number of nitrogens with zero attached hydrogens (tertiary/aromatic N) is 1. The molecule has 0 aliphatic carbocycles. The van der Waals surface area contributed by atoms with Crippen molar-refractivity contribution in [1.29, 1.82) is 0 Å². The molecule has 0 bridgehead atoms. The van der Waals surface area contributed by atoms with Crippen molar-refractivity contribution in [2.75, 3.05) is 13.1 Å². The summed E-state index contributed by atoms with van der Waals surface area (Å²) in [5.41, 5.74) is 7.35. The van der Waals surface area contributed by atoms with Crippen molar-refractivity contribution in [1.82, 2.24) is 15.2 Å². The van der Waals surface area contributed by atoms with Crippen LogP contribution in [0.1, 0.15) is 41.3 Å². The van der Waals surface area contributed by atoms with Crippen molar-refractivity contribution in [3.05, 3.63) is 90.4 Å². The minimum absolute atomic E-state index is 0.0934. The Balaban J connectivity index is 1.52. The van der Waals surface area contributed by atoms with Gasteiger partial charge in [-0.1, -0.05) is 49.6 Å². The fourth-order valence-electron chi connectivity index (χ4n) is 4.59. The molecule has 1 aliphatic heterocycles. The summed E-state index contributed by atoms with van der Waals surface area (Å²) in [6, 6.07) is 12.3. The third kappa shape index (κ3) is 4.13. The van der Waals surface area contributed by atoms with Crippen LogP contribution in [0.3, 0.4) is 0 Å². The van der Waals surface area contributed by atoms with Crippen LogP contribution in [-0.4, -0.2) is 28.9 Å². The molecule has 1 saturated heterocycles. The molecular formula is C28H31N3O. The molecule has 3 aromatic rings. The minimum atomic E-state index is 0.0934. The monoisotopic (exact) mass is 425 g/mol. The average molecular weight is 426 g/mol. The molecule has 164 valence electrons. The number of amides is 1. The molecular weight excluding hydrogens is 394 g/mol. The van der Waals surface area contributed by atoms with Gasteiger partial charge in [-0.15, -0.1) is 0 Å². The Hall–Kier alpha value is -3.53. The average Bonchev–Trinajstić information content (AvgIpc) is 3.25. The van der Waals surface area contributed by atoms with Gasteiger partial charge in [0.15, 0.2) is 0 Å². The van der Waals surface area contributed by atoms with Crippen molar-refractivity contribution in [3.63, 3.8) is 0 Å². The molecule has 2 heterocycles. The first-order valence-electron chi connectivity index (χ1n) is 11.2. The Bertz CT molecular complexity index is 1190. The van der Waals surface area contributed by atoms with Crippen LogP contribution in [0.2, 0.25) is 0 Å². The van der Waals surface area contributed by atoms with E-state index in [-0.39, 0.29) is 5.91 Å². The maximum absolute atomic E-state index is 13.2. The third-order valence-corrected chi connectivity index (χ3v) is 6.46. The quantitative estimate of drug-likeness (QED) is 0.489. The molecule has 1 aliphatic rings. The standard InChI is InChI=1S/C28H31N3O/c1-5-14-29-20(4)21-12-15-31(16-13-21)28(32)22-10-11-25-26(18-30-27(25)17-22)24-9-7-8-19(3)23(24)6-2/h5-11,14,17-18,21,29-30H,2,4,12-13,15-16H2,1,3H3/b14-5-. The van der Waals surface area contributed by atoms with Crippen LogP contribution < -0.4 is 5.32 Å². The van der Waals surface area contributed by atoms with Crippen molar-refractivity contribution in [2.24, 2.45) is 5.92 Å². The second kappa shape index (κ2) is 9.31. The molecule has 1 aromatic heterocycles. The fraction of sp³-hybridized carbons (Fsp3) is 0.250. The molecule has 0 atom stereocenters. The maximum atomic E-state index is 13.2. The van der Waals surface area contributed by atoms with Crippen LogP contribution in [0.5, 0.6) is 0 Å². The highest BCUT2D eigenvalue weighted by Gasteiger charge is 2.25. The van der Waals surface area contributed by atoms with E-state index in [0.29, 0.717) is 5.92 Å². The van der Waals surface area contributed by atoms with E-state index >= 15 is 0 Å². The summed E-state index contributed by atoms with van der Waals surface area (Å²) in [7, 11) is 0. The zero-order valence-electron chi connectivity index (χ0n) is 18.9. The molecule has 0 radical (unpaired) electrons. The summed E-state index contributed by atoms with van der Waals surface area (Å²) in [5, 5.41) is 4.35. The number of benzene rings is 2. The van der Waals surface area contributed by atoms with Crippen LogP contribution >= 0.6 is 0 Å². The number of aromatic nitrogens is 1. The number of hydrogen-bond donors (Lipinski definition) is 2. The van der Waals surface area contributed by atoms with Gasteiger partial charge in [-0.2, -0.15) is 0 Å². The number of carbonyl (C=O) groups excluding carboxylic acids is 1. The lowest BCUT2D eigenvalue weighted by atomic mass is 9.93. The number of hydrogen-bond acceptors (Lipinski definition) is 2. The highest BCUT2D eigenvalue weighted by atomic mass is 16.2. The van der Waals surface area contributed by atoms with Gasteiger partial charge in [0.25, 0.3) is 5.91 Å². The topological polar surface area (TPSA) is 48.1 Å². The number of carbonyl (C=O) groups is 1. The number of rotatable bonds is 6. The van der Waals surface area contributed by atoms with E-state index in [4.69, 9.17) is 0 Å². The van der Waals surface area contributed by atoms with Gasteiger partial charge in [-0.3, -0.25) is 4.79 Å². The Kier molecular flexibility index (Phi) is 6.31. The SMILES string of the molecule is C=Cc1c(C)cccc1-c1c[nH]c2cc(C(=O)N3CCC(C(=C)N/C=C\C)CC3)ccc12. The molecule has 1 amide bonds. The van der Waals surface area contributed by atoms with Crippen LogP contribution in [0.25, 0.3) is 28.1 Å². The first kappa shape index (κ1) is 21.7. The number of fused-ring (bicyclic) bond motifs is 1. The molecule has 4 rings (SSSR count). The molecule has 0 spiro atoms. The van der Waals surface area contributed by atoms with Gasteiger partial charge in [0, 0.05) is 52.9 Å². The van der Waals surface area contributed by atoms with Gasteiger partial charge in [-0.05, 0) is 61.7 Å². The second-order valence-electron chi connectivity index (χ2n) is 8.44. The number of likely N-dealkylation sites (tertiary alicyclic amines) is 1. The molecule has 4 heteroatoms. The summed E-state index contributed by atoms with van der Waals surface area (Å²) >= 11 is 0. The Morgan fingerprint density at radius 2 is 1.97 bits per heavy atom. The molecule has 2 aromatic carbocycles. The smallest absolute Gasteiger partial charge is 0.253 e. The normalized spacial score (nSPS) is 14.8. The summed E-state index contributed by atoms with van der Waals surface area (Å²) in [6.45, 7) is 13.7. The molecule has 1 fully saturated rings. The van der Waals surface area contributed by atoms with Crippen molar-refractivity contribution >= 4 is 22.9 Å². The van der Waals surface area contributed by atoms with Crippen LogP contribution in [0.4, 0.5) is 0 Å². The Morgan fingerprint density at radius 1 is 1.19 bits per heavy atom. The lowest BCUT2D eigenvalue weighted by Crippen LogP contribution is -2.39. The van der Waals surface area contributed by atoms with Crippen LogP contribution in [-0.2, 0) is 0 Å². The molecule has 4 nitrogen and oxygen atoms in total. The van der Waals surface area contributed by atoms with Gasteiger partial charge in [0.1, 0.15) is 0 Å². The summed E-state index contributed by atoms with van der Waals surface area (Å²) < 4.78 is 0. The molecule has 0 saturated carbocycles. The van der Waals surface area contributed by atoms with E-state index in [1.54, 1.807) is 0 Å². The Labute approximate surface area is 190 Å². The van der Waals surface area contributed by atoms with Gasteiger partial charge in [-0.25, -0.2) is 0 Å². The number of nitrogens with one attached hydrogen (secondary N) is 2. The van der Waals surface area contributed by atoms with Gasteiger partial charge in [0.05, 0.1) is 0 Å². The van der Waals surface area contributed by atoms with Gasteiger partial charge >= 0.3 is 0 Å². The van der Waals surface area contributed by atoms with Crippen molar-refractivity contribution in [3.8, 4) is 11.1 Å². The third-order valence-electron chi connectivity index (χ3n) is 6.46. The van der Waals surface area contributed by atoms with Crippen LogP contribution in [0.15, 0.2) is 73.7 Å². The van der Waals surface area contributed by atoms with E-state index in [1.165, 1.54) is 5.56 Å². The second-order valence-corrected chi connectivity index (χ2v) is 8.44. The highest BCUT2D eigenvalue weighted by molar-refractivity contribution is 6.02. The summed E-state index contributed by atoms with van der Waals surface area (Å²) in [6.07, 6.45) is 9.67. The zero-order chi connectivity index (χ0) is 22.7. The minimum Gasteiger partial charge on any atom is -0.366 e. The highest BCUT2D eigenvalue weighted by Crippen LogP contribution is 2.34. The van der Waals surface area contributed by atoms with Gasteiger partial charge in [0.2, 0.25) is 0 Å². The number of aryl methyl sites for hydroxylation is 1. The Morgan fingerprint density at radius 3 is 2.69 bits per heavy atom. The number of allylic oxidation sites excluding steroid dienone is 2. The number of aromatic amines is 1. The predicted octanol–water partition coefficient (Wildman–Crippen LogP) is 6.28. The summed E-state index contributed by atoms with van der Waals surface area (Å²) in [4.78, 5) is 18.5. The van der Waals surface area contributed by atoms with E-state index < -0.39 is 0 Å². The lowest BCUT2D eigenvalue weighted by Gasteiger charge is -2.33. The maximum Gasteiger partial charge on any atom is 0.253 e. The predicted molar refractivity (Wildman–Crippen MR) is 134 cm³/mol. The largest absolute Gasteiger partial charge is 0.366 e. The fourth-order valence-corrected chi connectivity index (χ4v) is 4.59. The van der Waals surface area contributed by atoms with Crippen molar-refractivity contribution in [2.45, 2.75) is 26.7 Å². The van der Waals surface area contributed by atoms with E-state index in [1.807, 2.05) is 48.5 Å². The number of piperidine rings is 1. The molecule has 2 N–H and O–H groups in total. The first-order valence-corrected chi connectivity index (χ1v) is 11.2. The lowest BCUT2D eigenvalue weighted by molar-refractivity contribution is 0.0701. The van der Waals surface area contributed by atoms with E-state index in [9.17, 15) is 4.79 Å².